The molecule has 1 amide bonds. The fraction of sp³-hybridized carbons (Fsp3) is 0.529. The molecule has 3 heterocycles. The Morgan fingerprint density at radius 1 is 1.44 bits per heavy atom. The molecule has 1 aliphatic rings. The molecule has 2 aromatic rings. The van der Waals surface area contributed by atoms with Crippen molar-refractivity contribution >= 4 is 23.2 Å². The van der Waals surface area contributed by atoms with Gasteiger partial charge in [-0.1, -0.05) is 13.8 Å². The number of carbonyl (C=O) groups excluding carboxylic acids is 1. The molecular weight excluding hydrogens is 342 g/mol. The van der Waals surface area contributed by atoms with Gasteiger partial charge >= 0.3 is 5.97 Å². The van der Waals surface area contributed by atoms with Crippen molar-refractivity contribution in [3.63, 3.8) is 0 Å². The van der Waals surface area contributed by atoms with E-state index in [-0.39, 0.29) is 24.8 Å². The van der Waals surface area contributed by atoms with Crippen LogP contribution in [0.2, 0.25) is 0 Å². The molecule has 0 saturated carbocycles. The van der Waals surface area contributed by atoms with Crippen LogP contribution in [0.3, 0.4) is 0 Å². The van der Waals surface area contributed by atoms with E-state index in [4.69, 9.17) is 4.42 Å². The molecule has 0 aliphatic carbocycles. The van der Waals surface area contributed by atoms with Crippen molar-refractivity contribution in [3.05, 3.63) is 22.7 Å². The molecule has 1 fully saturated rings. The average molecular weight is 363 g/mol. The number of carbonyl (C=O) groups is 2. The predicted molar refractivity (Wildman–Crippen MR) is 92.0 cm³/mol. The molecule has 7 nitrogen and oxygen atoms in total. The maximum atomic E-state index is 12.4. The van der Waals surface area contributed by atoms with Gasteiger partial charge in [-0.05, 0) is 23.8 Å². The van der Waals surface area contributed by atoms with E-state index in [1.54, 1.807) is 16.2 Å². The third kappa shape index (κ3) is 3.44. The molecule has 1 saturated heterocycles. The van der Waals surface area contributed by atoms with Gasteiger partial charge in [0.15, 0.2) is 0 Å². The summed E-state index contributed by atoms with van der Waals surface area (Å²) in [6.45, 7) is 4.54. The van der Waals surface area contributed by atoms with Crippen LogP contribution in [-0.2, 0) is 16.0 Å². The van der Waals surface area contributed by atoms with Crippen LogP contribution in [0, 0.1) is 11.3 Å². The Kier molecular flexibility index (Phi) is 4.89. The quantitative estimate of drug-likeness (QED) is 0.847. The number of nitrogens with zero attached hydrogens (tertiary/aromatic N) is 3. The minimum absolute atomic E-state index is 0.0214. The van der Waals surface area contributed by atoms with Gasteiger partial charge in [-0.3, -0.25) is 9.59 Å². The van der Waals surface area contributed by atoms with Gasteiger partial charge in [0.1, 0.15) is 0 Å². The highest BCUT2D eigenvalue weighted by molar-refractivity contribution is 7.08. The summed E-state index contributed by atoms with van der Waals surface area (Å²) in [6.07, 6.45) is 1.09. The van der Waals surface area contributed by atoms with E-state index < -0.39 is 11.4 Å². The third-order valence-electron chi connectivity index (χ3n) is 4.97. The zero-order valence-electron chi connectivity index (χ0n) is 14.3. The summed E-state index contributed by atoms with van der Waals surface area (Å²) in [4.78, 5) is 25.7. The first-order valence-electron chi connectivity index (χ1n) is 8.28. The lowest BCUT2D eigenvalue weighted by atomic mass is 9.76. The number of aliphatic carboxylic acids is 1. The molecular formula is C17H21N3O4S. The van der Waals surface area contributed by atoms with Gasteiger partial charge in [-0.2, -0.15) is 11.3 Å². The van der Waals surface area contributed by atoms with Crippen LogP contribution in [-0.4, -0.2) is 45.2 Å². The zero-order valence-corrected chi connectivity index (χ0v) is 15.1. The second-order valence-corrected chi connectivity index (χ2v) is 7.47. The van der Waals surface area contributed by atoms with Gasteiger partial charge in [-0.15, -0.1) is 10.2 Å². The second-order valence-electron chi connectivity index (χ2n) is 6.69. The van der Waals surface area contributed by atoms with Gasteiger partial charge < -0.3 is 14.4 Å². The summed E-state index contributed by atoms with van der Waals surface area (Å²) in [5.74, 6) is -0.0437. The summed E-state index contributed by atoms with van der Waals surface area (Å²) in [5.41, 5.74) is 0.0320. The molecule has 0 radical (unpaired) electrons. The third-order valence-corrected chi connectivity index (χ3v) is 5.66. The molecule has 8 heteroatoms. The van der Waals surface area contributed by atoms with Crippen molar-refractivity contribution in [2.75, 3.05) is 13.1 Å². The fourth-order valence-electron chi connectivity index (χ4n) is 3.17. The van der Waals surface area contributed by atoms with Crippen LogP contribution in [0.5, 0.6) is 0 Å². The number of amides is 1. The molecule has 1 atom stereocenters. The van der Waals surface area contributed by atoms with Crippen molar-refractivity contribution in [2.45, 2.75) is 33.1 Å². The molecule has 25 heavy (non-hydrogen) atoms. The van der Waals surface area contributed by atoms with Crippen molar-refractivity contribution < 1.29 is 19.1 Å². The van der Waals surface area contributed by atoms with Gasteiger partial charge in [0.25, 0.3) is 0 Å². The Morgan fingerprint density at radius 3 is 2.84 bits per heavy atom. The normalized spacial score (nSPS) is 20.4. The number of carboxylic acid groups (broad SMARTS) is 1. The number of aryl methyl sites for hydroxylation is 1. The molecule has 2 aromatic heterocycles. The monoisotopic (exact) mass is 363 g/mol. The Morgan fingerprint density at radius 2 is 2.24 bits per heavy atom. The maximum Gasteiger partial charge on any atom is 0.311 e. The molecule has 0 aromatic carbocycles. The molecule has 1 N–H and O–H groups in total. The number of rotatable bonds is 6. The van der Waals surface area contributed by atoms with Crippen LogP contribution in [0.1, 0.15) is 32.6 Å². The topological polar surface area (TPSA) is 96.5 Å². The van der Waals surface area contributed by atoms with Crippen molar-refractivity contribution in [1.29, 1.82) is 0 Å². The van der Waals surface area contributed by atoms with E-state index >= 15 is 0 Å². The highest BCUT2D eigenvalue weighted by atomic mass is 32.1. The largest absolute Gasteiger partial charge is 0.481 e. The standard InChI is InChI=1S/C17H21N3O4S/c1-11(2)17(16(22)23)6-7-20(10-17)14(21)4-3-13-18-19-15(24-13)12-5-8-25-9-12/h5,8-9,11H,3-4,6-7,10H2,1-2H3,(H,22,23). The second kappa shape index (κ2) is 6.95. The first-order valence-corrected chi connectivity index (χ1v) is 9.23. The Labute approximate surface area is 149 Å². The first kappa shape index (κ1) is 17.6. The first-order chi connectivity index (χ1) is 11.9. The summed E-state index contributed by atoms with van der Waals surface area (Å²) >= 11 is 1.55. The molecule has 134 valence electrons. The van der Waals surface area contributed by atoms with Crippen LogP contribution < -0.4 is 0 Å². The van der Waals surface area contributed by atoms with Crippen molar-refractivity contribution in [1.82, 2.24) is 15.1 Å². The predicted octanol–water partition coefficient (Wildman–Crippen LogP) is 2.69. The lowest BCUT2D eigenvalue weighted by Crippen LogP contribution is -2.40. The lowest BCUT2D eigenvalue weighted by Gasteiger charge is -2.28. The van der Waals surface area contributed by atoms with Crippen LogP contribution in [0.25, 0.3) is 11.5 Å². The molecule has 1 unspecified atom stereocenters. The van der Waals surface area contributed by atoms with Gasteiger partial charge in [0.05, 0.1) is 5.41 Å². The fourth-order valence-corrected chi connectivity index (χ4v) is 3.80. The van der Waals surface area contributed by atoms with Gasteiger partial charge in [0.2, 0.25) is 17.7 Å². The summed E-state index contributed by atoms with van der Waals surface area (Å²) in [6, 6.07) is 1.90. The number of hydrogen-bond donors (Lipinski definition) is 1. The molecule has 0 spiro atoms. The van der Waals surface area contributed by atoms with E-state index in [9.17, 15) is 14.7 Å². The number of carboxylic acids is 1. The highest BCUT2D eigenvalue weighted by Gasteiger charge is 2.48. The maximum absolute atomic E-state index is 12.4. The minimum atomic E-state index is -0.841. The summed E-state index contributed by atoms with van der Waals surface area (Å²) in [5, 5.41) is 21.4. The number of aromatic nitrogens is 2. The van der Waals surface area contributed by atoms with Gasteiger partial charge in [-0.25, -0.2) is 0 Å². The Balaban J connectivity index is 1.58. The van der Waals surface area contributed by atoms with E-state index in [1.807, 2.05) is 30.7 Å². The number of likely N-dealkylation sites (tertiary alicyclic amines) is 1. The van der Waals surface area contributed by atoms with E-state index in [2.05, 4.69) is 10.2 Å². The minimum Gasteiger partial charge on any atom is -0.481 e. The van der Waals surface area contributed by atoms with Crippen molar-refractivity contribution in [2.24, 2.45) is 11.3 Å². The Hall–Kier alpha value is -2.22. The van der Waals surface area contributed by atoms with Crippen molar-refractivity contribution in [3.8, 4) is 11.5 Å². The summed E-state index contributed by atoms with van der Waals surface area (Å²) in [7, 11) is 0. The van der Waals surface area contributed by atoms with E-state index in [0.717, 1.165) is 5.56 Å². The van der Waals surface area contributed by atoms with Crippen LogP contribution in [0.4, 0.5) is 0 Å². The van der Waals surface area contributed by atoms with E-state index in [0.29, 0.717) is 31.2 Å². The van der Waals surface area contributed by atoms with Crippen LogP contribution >= 0.6 is 11.3 Å². The molecule has 1 aliphatic heterocycles. The smallest absolute Gasteiger partial charge is 0.311 e. The summed E-state index contributed by atoms with van der Waals surface area (Å²) < 4.78 is 5.58. The lowest BCUT2D eigenvalue weighted by molar-refractivity contribution is -0.151. The van der Waals surface area contributed by atoms with E-state index in [1.165, 1.54) is 0 Å². The molecule has 0 bridgehead atoms. The van der Waals surface area contributed by atoms with Gasteiger partial charge in [0, 0.05) is 36.9 Å². The number of thiophene rings is 1. The average Bonchev–Trinajstić information content (AvgIpc) is 3.31. The SMILES string of the molecule is CC(C)C1(C(=O)O)CCN(C(=O)CCc2nnc(-c3ccsc3)o2)C1. The number of hydrogen-bond acceptors (Lipinski definition) is 6. The zero-order chi connectivity index (χ0) is 18.0. The Bertz CT molecular complexity index is 756. The van der Waals surface area contributed by atoms with Crippen LogP contribution in [0.15, 0.2) is 21.2 Å². The molecule has 3 rings (SSSR count). The highest BCUT2D eigenvalue weighted by Crippen LogP contribution is 2.38.